The first-order valence-corrected chi connectivity index (χ1v) is 10.3. The fourth-order valence-corrected chi connectivity index (χ4v) is 4.69. The lowest BCUT2D eigenvalue weighted by atomic mass is 10.0. The van der Waals surface area contributed by atoms with Crippen LogP contribution in [0.5, 0.6) is 0 Å². The third kappa shape index (κ3) is 3.81. The topological polar surface area (TPSA) is 55.7 Å². The molecule has 1 saturated carbocycles. The van der Waals surface area contributed by atoms with Gasteiger partial charge in [0, 0.05) is 58.8 Å². The maximum atomic E-state index is 9.88. The number of piperidine rings is 1. The second-order valence-corrected chi connectivity index (χ2v) is 8.52. The number of hydrogen-bond acceptors (Lipinski definition) is 6. The molecule has 0 atom stereocenters. The van der Waals surface area contributed by atoms with Crippen molar-refractivity contribution in [3.8, 4) is 0 Å². The maximum Gasteiger partial charge on any atom is 0.227 e. The molecular weight excluding hydrogens is 326 g/mol. The van der Waals surface area contributed by atoms with E-state index in [9.17, 15) is 5.11 Å². The summed E-state index contributed by atoms with van der Waals surface area (Å²) in [5.41, 5.74) is 2.56. The van der Waals surface area contributed by atoms with E-state index in [1.807, 2.05) is 19.0 Å². The molecule has 6 nitrogen and oxygen atoms in total. The Morgan fingerprint density at radius 2 is 1.77 bits per heavy atom. The van der Waals surface area contributed by atoms with Crippen LogP contribution in [0.2, 0.25) is 0 Å². The van der Waals surface area contributed by atoms with E-state index < -0.39 is 0 Å². The van der Waals surface area contributed by atoms with Crippen molar-refractivity contribution in [1.29, 1.82) is 0 Å². The molecule has 2 aliphatic heterocycles. The van der Waals surface area contributed by atoms with Crippen molar-refractivity contribution in [2.24, 2.45) is 5.92 Å². The van der Waals surface area contributed by atoms with Crippen molar-refractivity contribution in [3.63, 3.8) is 0 Å². The first kappa shape index (κ1) is 18.0. The molecule has 1 N–H and O–H groups in total. The van der Waals surface area contributed by atoms with Gasteiger partial charge in [-0.3, -0.25) is 4.90 Å². The van der Waals surface area contributed by atoms with E-state index in [1.54, 1.807) is 0 Å². The molecule has 1 saturated heterocycles. The summed E-state index contributed by atoms with van der Waals surface area (Å²) in [6.07, 6.45) is 8.15. The highest BCUT2D eigenvalue weighted by atomic mass is 16.3. The maximum absolute atomic E-state index is 9.88. The second-order valence-electron chi connectivity index (χ2n) is 8.52. The number of nitrogens with zero attached hydrogens (tertiary/aromatic N) is 5. The number of hydrogen-bond donors (Lipinski definition) is 1. The number of fused-ring (bicyclic) bond motifs is 1. The Balaban J connectivity index is 1.58. The number of aromatic nitrogens is 2. The van der Waals surface area contributed by atoms with Gasteiger partial charge in [-0.2, -0.15) is 4.98 Å². The van der Waals surface area contributed by atoms with Crippen LogP contribution in [0.15, 0.2) is 0 Å². The average Bonchev–Trinajstić information content (AvgIpc) is 3.14. The van der Waals surface area contributed by atoms with Crippen LogP contribution in [-0.2, 0) is 13.0 Å². The summed E-state index contributed by atoms with van der Waals surface area (Å²) in [6.45, 7) is 5.10. The normalized spacial score (nSPS) is 22.7. The van der Waals surface area contributed by atoms with Gasteiger partial charge in [0.05, 0.1) is 11.8 Å². The van der Waals surface area contributed by atoms with Crippen LogP contribution in [0.4, 0.5) is 11.8 Å². The zero-order chi connectivity index (χ0) is 18.1. The Labute approximate surface area is 157 Å². The molecule has 4 rings (SSSR count). The smallest absolute Gasteiger partial charge is 0.227 e. The molecule has 0 spiro atoms. The van der Waals surface area contributed by atoms with Crippen molar-refractivity contribution in [2.45, 2.75) is 57.6 Å². The van der Waals surface area contributed by atoms with Crippen molar-refractivity contribution in [3.05, 3.63) is 11.3 Å². The molecular formula is C20H33N5O. The summed E-state index contributed by atoms with van der Waals surface area (Å²) in [5.74, 6) is 2.81. The van der Waals surface area contributed by atoms with Gasteiger partial charge in [-0.25, -0.2) is 4.98 Å². The first-order chi connectivity index (χ1) is 12.6. The van der Waals surface area contributed by atoms with E-state index in [2.05, 4.69) is 9.80 Å². The van der Waals surface area contributed by atoms with Gasteiger partial charge in [0.15, 0.2) is 0 Å². The van der Waals surface area contributed by atoms with E-state index in [4.69, 9.17) is 9.97 Å². The lowest BCUT2D eigenvalue weighted by molar-refractivity contribution is 0.145. The van der Waals surface area contributed by atoms with Crippen LogP contribution in [0, 0.1) is 5.92 Å². The standard InChI is InChI=1S/C20H33N5O/c1-23(2)20-21-18-9-10-24(13-15-5-3-4-6-15)14-17(18)19(22-20)25-11-7-16(26)8-12-25/h15-16,26H,3-14H2,1-2H3. The van der Waals surface area contributed by atoms with Crippen molar-refractivity contribution in [2.75, 3.05) is 50.1 Å². The van der Waals surface area contributed by atoms with Gasteiger partial charge >= 0.3 is 0 Å². The predicted octanol–water partition coefficient (Wildman–Crippen LogP) is 2.05. The van der Waals surface area contributed by atoms with Gasteiger partial charge in [0.25, 0.3) is 0 Å². The van der Waals surface area contributed by atoms with Crippen molar-refractivity contribution < 1.29 is 5.11 Å². The Hall–Kier alpha value is -1.40. The molecule has 0 radical (unpaired) electrons. The Kier molecular flexibility index (Phi) is 5.32. The van der Waals surface area contributed by atoms with Crippen LogP contribution < -0.4 is 9.80 Å². The zero-order valence-corrected chi connectivity index (χ0v) is 16.3. The lowest BCUT2D eigenvalue weighted by Gasteiger charge is -2.36. The van der Waals surface area contributed by atoms with E-state index >= 15 is 0 Å². The molecule has 0 unspecified atom stereocenters. The van der Waals surface area contributed by atoms with Crippen LogP contribution in [0.3, 0.4) is 0 Å². The van der Waals surface area contributed by atoms with E-state index in [1.165, 1.54) is 43.5 Å². The van der Waals surface area contributed by atoms with E-state index in [0.717, 1.165) is 63.1 Å². The van der Waals surface area contributed by atoms with Gasteiger partial charge in [0.2, 0.25) is 5.95 Å². The molecule has 1 aliphatic carbocycles. The summed E-state index contributed by atoms with van der Waals surface area (Å²) in [6, 6.07) is 0. The number of aliphatic hydroxyl groups excluding tert-OH is 1. The SMILES string of the molecule is CN(C)c1nc2c(c(N3CCC(O)CC3)n1)CN(CC1CCCC1)CC2. The summed E-state index contributed by atoms with van der Waals surface area (Å²) in [7, 11) is 4.03. The quantitative estimate of drug-likeness (QED) is 0.888. The molecule has 3 aliphatic rings. The molecule has 1 aromatic heterocycles. The average molecular weight is 360 g/mol. The van der Waals surface area contributed by atoms with Gasteiger partial charge < -0.3 is 14.9 Å². The first-order valence-electron chi connectivity index (χ1n) is 10.3. The van der Waals surface area contributed by atoms with Crippen LogP contribution in [0.1, 0.15) is 49.8 Å². The number of anilines is 2. The number of rotatable bonds is 4. The van der Waals surface area contributed by atoms with Gasteiger partial charge in [0.1, 0.15) is 5.82 Å². The minimum Gasteiger partial charge on any atom is -0.393 e. The van der Waals surface area contributed by atoms with Crippen LogP contribution in [-0.4, -0.2) is 66.4 Å². The Bertz CT molecular complexity index is 621. The molecule has 0 bridgehead atoms. The Morgan fingerprint density at radius 1 is 1.04 bits per heavy atom. The summed E-state index contributed by atoms with van der Waals surface area (Å²) < 4.78 is 0. The third-order valence-corrected chi connectivity index (χ3v) is 6.26. The molecule has 26 heavy (non-hydrogen) atoms. The molecule has 6 heteroatoms. The second kappa shape index (κ2) is 7.69. The molecule has 1 aromatic rings. The minimum atomic E-state index is -0.156. The van der Waals surface area contributed by atoms with Crippen molar-refractivity contribution in [1.82, 2.24) is 14.9 Å². The summed E-state index contributed by atoms with van der Waals surface area (Å²) in [5, 5.41) is 9.88. The number of aliphatic hydroxyl groups is 1. The highest BCUT2D eigenvalue weighted by molar-refractivity contribution is 5.54. The highest BCUT2D eigenvalue weighted by Crippen LogP contribution is 2.32. The van der Waals surface area contributed by atoms with Crippen LogP contribution in [0.25, 0.3) is 0 Å². The molecule has 2 fully saturated rings. The van der Waals surface area contributed by atoms with E-state index in [-0.39, 0.29) is 6.10 Å². The minimum absolute atomic E-state index is 0.156. The van der Waals surface area contributed by atoms with Gasteiger partial charge in [-0.15, -0.1) is 0 Å². The highest BCUT2D eigenvalue weighted by Gasteiger charge is 2.29. The fraction of sp³-hybridized carbons (Fsp3) is 0.800. The van der Waals surface area contributed by atoms with Gasteiger partial charge in [-0.1, -0.05) is 12.8 Å². The molecule has 3 heterocycles. The van der Waals surface area contributed by atoms with Gasteiger partial charge in [-0.05, 0) is 31.6 Å². The zero-order valence-electron chi connectivity index (χ0n) is 16.3. The summed E-state index contributed by atoms with van der Waals surface area (Å²) >= 11 is 0. The largest absolute Gasteiger partial charge is 0.393 e. The molecule has 144 valence electrons. The molecule has 0 amide bonds. The lowest BCUT2D eigenvalue weighted by Crippen LogP contribution is -2.40. The molecule has 0 aromatic carbocycles. The summed E-state index contributed by atoms with van der Waals surface area (Å²) in [4.78, 5) is 16.8. The Morgan fingerprint density at radius 3 is 2.46 bits per heavy atom. The predicted molar refractivity (Wildman–Crippen MR) is 105 cm³/mol. The fourth-order valence-electron chi connectivity index (χ4n) is 4.69. The van der Waals surface area contributed by atoms with Crippen LogP contribution >= 0.6 is 0 Å². The van der Waals surface area contributed by atoms with Crippen molar-refractivity contribution >= 4 is 11.8 Å². The monoisotopic (exact) mass is 359 g/mol. The van der Waals surface area contributed by atoms with E-state index in [0.29, 0.717) is 0 Å². The third-order valence-electron chi connectivity index (χ3n) is 6.26.